The second-order valence-corrected chi connectivity index (χ2v) is 4.65. The number of carboxylic acid groups (broad SMARTS) is 1. The molecule has 0 unspecified atom stereocenters. The van der Waals surface area contributed by atoms with Crippen LogP contribution in [0.5, 0.6) is 0 Å². The molecule has 0 aliphatic carbocycles. The molecule has 0 aliphatic rings. The first kappa shape index (κ1) is 14.1. The second kappa shape index (κ2) is 6.19. The fraction of sp³-hybridized carbons (Fsp3) is 0.250. The maximum absolute atomic E-state index is 11.4. The average Bonchev–Trinajstić information content (AvgIpc) is 2.46. The number of aryl methyl sites for hydroxylation is 1. The van der Waals surface area contributed by atoms with E-state index >= 15 is 0 Å². The van der Waals surface area contributed by atoms with E-state index in [0.29, 0.717) is 12.1 Å². The molecule has 0 spiro atoms. The van der Waals surface area contributed by atoms with Crippen LogP contribution in [0.25, 0.3) is 0 Å². The van der Waals surface area contributed by atoms with Gasteiger partial charge in [-0.1, -0.05) is 12.1 Å². The number of aromatic carboxylic acids is 1. The third kappa shape index (κ3) is 2.96. The van der Waals surface area contributed by atoms with E-state index in [4.69, 9.17) is 0 Å². The van der Waals surface area contributed by atoms with Crippen LogP contribution in [0.4, 0.5) is 5.69 Å². The molecule has 1 heterocycles. The minimum Gasteiger partial charge on any atom is -0.478 e. The van der Waals surface area contributed by atoms with E-state index in [-0.39, 0.29) is 0 Å². The summed E-state index contributed by atoms with van der Waals surface area (Å²) in [6.07, 6.45) is 3.50. The molecular formula is C16H18N2O2. The predicted octanol–water partition coefficient (Wildman–Crippen LogP) is 3.11. The Morgan fingerprint density at radius 1 is 1.25 bits per heavy atom. The van der Waals surface area contributed by atoms with Gasteiger partial charge in [-0.05, 0) is 43.2 Å². The number of anilines is 1. The van der Waals surface area contributed by atoms with Crippen LogP contribution in [-0.2, 0) is 6.54 Å². The Kier molecular flexibility index (Phi) is 4.35. The molecule has 2 rings (SSSR count). The standard InChI is InChI=1S/C16H18N2O2/c1-3-18(11-13-7-9-17-10-8-13)15-12(2)5-4-6-14(15)16(19)20/h4-10H,3,11H2,1-2H3,(H,19,20). The van der Waals surface area contributed by atoms with Gasteiger partial charge in [-0.3, -0.25) is 4.98 Å². The molecule has 0 saturated carbocycles. The van der Waals surface area contributed by atoms with Gasteiger partial charge >= 0.3 is 5.97 Å². The maximum Gasteiger partial charge on any atom is 0.337 e. The molecule has 4 heteroatoms. The van der Waals surface area contributed by atoms with Crippen molar-refractivity contribution in [2.45, 2.75) is 20.4 Å². The van der Waals surface area contributed by atoms with Crippen LogP contribution in [0, 0.1) is 6.92 Å². The van der Waals surface area contributed by atoms with Crippen LogP contribution >= 0.6 is 0 Å². The molecule has 0 amide bonds. The highest BCUT2D eigenvalue weighted by atomic mass is 16.4. The number of carboxylic acids is 1. The van der Waals surface area contributed by atoms with Gasteiger partial charge in [0.1, 0.15) is 0 Å². The number of para-hydroxylation sites is 1. The lowest BCUT2D eigenvalue weighted by Crippen LogP contribution is -2.25. The fourth-order valence-electron chi connectivity index (χ4n) is 2.31. The quantitative estimate of drug-likeness (QED) is 0.907. The zero-order chi connectivity index (χ0) is 14.5. The summed E-state index contributed by atoms with van der Waals surface area (Å²) >= 11 is 0. The lowest BCUT2D eigenvalue weighted by molar-refractivity contribution is 0.0697. The van der Waals surface area contributed by atoms with Crippen molar-refractivity contribution < 1.29 is 9.90 Å². The summed E-state index contributed by atoms with van der Waals surface area (Å²) in [7, 11) is 0. The molecule has 0 atom stereocenters. The summed E-state index contributed by atoms with van der Waals surface area (Å²) in [5.74, 6) is -0.892. The Bertz CT molecular complexity index is 597. The first-order chi connectivity index (χ1) is 9.63. The van der Waals surface area contributed by atoms with Crippen molar-refractivity contribution in [3.63, 3.8) is 0 Å². The monoisotopic (exact) mass is 270 g/mol. The number of benzene rings is 1. The van der Waals surface area contributed by atoms with Crippen LogP contribution in [0.3, 0.4) is 0 Å². The molecule has 0 aliphatic heterocycles. The van der Waals surface area contributed by atoms with Crippen molar-refractivity contribution in [2.75, 3.05) is 11.4 Å². The molecule has 0 bridgehead atoms. The van der Waals surface area contributed by atoms with Gasteiger partial charge in [0.2, 0.25) is 0 Å². The highest BCUT2D eigenvalue weighted by Crippen LogP contribution is 2.26. The molecule has 0 radical (unpaired) electrons. The summed E-state index contributed by atoms with van der Waals surface area (Å²) in [6.45, 7) is 5.38. The topological polar surface area (TPSA) is 53.4 Å². The van der Waals surface area contributed by atoms with Gasteiger partial charge in [0.05, 0.1) is 11.3 Å². The van der Waals surface area contributed by atoms with Crippen molar-refractivity contribution >= 4 is 11.7 Å². The molecule has 104 valence electrons. The van der Waals surface area contributed by atoms with E-state index < -0.39 is 5.97 Å². The van der Waals surface area contributed by atoms with Gasteiger partial charge in [0.15, 0.2) is 0 Å². The van der Waals surface area contributed by atoms with Crippen LogP contribution in [0.1, 0.15) is 28.4 Å². The smallest absolute Gasteiger partial charge is 0.337 e. The van der Waals surface area contributed by atoms with Gasteiger partial charge in [0.25, 0.3) is 0 Å². The highest BCUT2D eigenvalue weighted by Gasteiger charge is 2.17. The van der Waals surface area contributed by atoms with Crippen molar-refractivity contribution in [3.8, 4) is 0 Å². The highest BCUT2D eigenvalue weighted by molar-refractivity contribution is 5.95. The minimum absolute atomic E-state index is 0.348. The van der Waals surface area contributed by atoms with E-state index in [0.717, 1.165) is 23.4 Å². The third-order valence-electron chi connectivity index (χ3n) is 3.29. The Morgan fingerprint density at radius 3 is 2.55 bits per heavy atom. The molecule has 20 heavy (non-hydrogen) atoms. The summed E-state index contributed by atoms with van der Waals surface area (Å²) in [5, 5.41) is 9.36. The van der Waals surface area contributed by atoms with Crippen LogP contribution in [-0.4, -0.2) is 22.6 Å². The molecular weight excluding hydrogens is 252 g/mol. The van der Waals surface area contributed by atoms with Gasteiger partial charge in [-0.2, -0.15) is 0 Å². The zero-order valence-corrected chi connectivity index (χ0v) is 11.7. The number of hydrogen-bond donors (Lipinski definition) is 1. The van der Waals surface area contributed by atoms with Crippen LogP contribution in [0.2, 0.25) is 0 Å². The average molecular weight is 270 g/mol. The normalized spacial score (nSPS) is 10.3. The lowest BCUT2D eigenvalue weighted by Gasteiger charge is -2.26. The number of rotatable bonds is 5. The zero-order valence-electron chi connectivity index (χ0n) is 11.7. The molecule has 2 aromatic rings. The van der Waals surface area contributed by atoms with Crippen molar-refractivity contribution in [1.82, 2.24) is 4.98 Å². The Hall–Kier alpha value is -2.36. The minimum atomic E-state index is -0.892. The van der Waals surface area contributed by atoms with Gasteiger partial charge in [0, 0.05) is 25.5 Å². The summed E-state index contributed by atoms with van der Waals surface area (Å²) in [6, 6.07) is 9.27. The van der Waals surface area contributed by atoms with E-state index in [1.807, 2.05) is 32.0 Å². The molecule has 0 fully saturated rings. The predicted molar refractivity (Wildman–Crippen MR) is 79.1 cm³/mol. The first-order valence-electron chi connectivity index (χ1n) is 6.60. The molecule has 1 aromatic heterocycles. The summed E-state index contributed by atoms with van der Waals surface area (Å²) in [4.78, 5) is 17.5. The number of nitrogens with zero attached hydrogens (tertiary/aromatic N) is 2. The van der Waals surface area contributed by atoms with E-state index in [1.165, 1.54) is 0 Å². The molecule has 1 aromatic carbocycles. The Labute approximate surface area is 118 Å². The van der Waals surface area contributed by atoms with E-state index in [1.54, 1.807) is 24.5 Å². The Balaban J connectivity index is 2.39. The Morgan fingerprint density at radius 2 is 1.95 bits per heavy atom. The second-order valence-electron chi connectivity index (χ2n) is 4.65. The van der Waals surface area contributed by atoms with Crippen molar-refractivity contribution in [3.05, 3.63) is 59.4 Å². The number of aromatic nitrogens is 1. The lowest BCUT2D eigenvalue weighted by atomic mass is 10.1. The number of hydrogen-bond acceptors (Lipinski definition) is 3. The largest absolute Gasteiger partial charge is 0.478 e. The third-order valence-corrected chi connectivity index (χ3v) is 3.29. The number of pyridine rings is 1. The van der Waals surface area contributed by atoms with E-state index in [9.17, 15) is 9.90 Å². The summed E-state index contributed by atoms with van der Waals surface area (Å²) in [5.41, 5.74) is 3.22. The van der Waals surface area contributed by atoms with Crippen LogP contribution in [0.15, 0.2) is 42.7 Å². The van der Waals surface area contributed by atoms with Crippen LogP contribution < -0.4 is 4.90 Å². The van der Waals surface area contributed by atoms with Gasteiger partial charge in [-0.25, -0.2) is 4.79 Å². The molecule has 0 saturated heterocycles. The van der Waals surface area contributed by atoms with Crippen molar-refractivity contribution in [2.24, 2.45) is 0 Å². The van der Waals surface area contributed by atoms with Gasteiger partial charge < -0.3 is 10.0 Å². The first-order valence-corrected chi connectivity index (χ1v) is 6.60. The SMILES string of the molecule is CCN(Cc1ccncc1)c1c(C)cccc1C(=O)O. The maximum atomic E-state index is 11.4. The fourth-order valence-corrected chi connectivity index (χ4v) is 2.31. The van der Waals surface area contributed by atoms with Crippen molar-refractivity contribution in [1.29, 1.82) is 0 Å². The molecule has 1 N–H and O–H groups in total. The van der Waals surface area contributed by atoms with Gasteiger partial charge in [-0.15, -0.1) is 0 Å². The number of carbonyl (C=O) groups is 1. The van der Waals surface area contributed by atoms with E-state index in [2.05, 4.69) is 9.88 Å². The summed E-state index contributed by atoms with van der Waals surface area (Å²) < 4.78 is 0. The molecule has 4 nitrogen and oxygen atoms in total.